The average Bonchev–Trinajstić information content (AvgIpc) is 1.98. The van der Waals surface area contributed by atoms with Gasteiger partial charge in [-0.2, -0.15) is 0 Å². The minimum atomic E-state index is 0. The molecule has 0 saturated carbocycles. The van der Waals surface area contributed by atoms with Gasteiger partial charge in [-0.05, 0) is 19.4 Å². The van der Waals surface area contributed by atoms with E-state index in [2.05, 4.69) is 43.8 Å². The first-order valence-electron chi connectivity index (χ1n) is 4.20. The van der Waals surface area contributed by atoms with Crippen molar-refractivity contribution >= 4 is 24.0 Å². The zero-order valence-corrected chi connectivity index (χ0v) is 10.3. The Morgan fingerprint density at radius 1 is 1.25 bits per heavy atom. The first kappa shape index (κ1) is 11.9. The molecule has 0 aliphatic heterocycles. The Balaban J connectivity index is 0.00000121. The molecule has 1 heterocycles. The monoisotopic (exact) mass is 278 g/mol. The van der Waals surface area contributed by atoms with E-state index in [0.29, 0.717) is 0 Å². The van der Waals surface area contributed by atoms with Crippen LogP contribution in [0.25, 0.3) is 0 Å². The van der Waals surface area contributed by atoms with Crippen molar-refractivity contribution < 1.29 is 4.57 Å². The van der Waals surface area contributed by atoms with Gasteiger partial charge in [0.05, 0.1) is 0 Å². The molecule has 12 heavy (non-hydrogen) atoms. The van der Waals surface area contributed by atoms with E-state index in [4.69, 9.17) is 0 Å². The molecule has 1 rings (SSSR count). The molecule has 0 radical (unpaired) electrons. The Morgan fingerprint density at radius 2 is 1.92 bits per heavy atom. The third-order valence-electron chi connectivity index (χ3n) is 1.98. The van der Waals surface area contributed by atoms with Crippen molar-refractivity contribution in [2.45, 2.75) is 33.7 Å². The van der Waals surface area contributed by atoms with Crippen LogP contribution in [0.5, 0.6) is 0 Å². The van der Waals surface area contributed by atoms with Crippen LogP contribution >= 0.6 is 24.0 Å². The molecule has 0 aliphatic carbocycles. The molecular formula is C10H17IN+. The predicted molar refractivity (Wildman–Crippen MR) is 61.8 cm³/mol. The molecule has 0 aliphatic rings. The van der Waals surface area contributed by atoms with Gasteiger partial charge in [0.2, 0.25) is 0 Å². The van der Waals surface area contributed by atoms with Crippen LogP contribution in [0.4, 0.5) is 0 Å². The highest BCUT2D eigenvalue weighted by Crippen LogP contribution is 2.00. The molecule has 0 N–H and O–H groups in total. The minimum absolute atomic E-state index is 0. The van der Waals surface area contributed by atoms with Crippen molar-refractivity contribution in [2.24, 2.45) is 0 Å². The van der Waals surface area contributed by atoms with E-state index < -0.39 is 0 Å². The summed E-state index contributed by atoms with van der Waals surface area (Å²) in [4.78, 5) is 0. The summed E-state index contributed by atoms with van der Waals surface area (Å²) in [5.74, 6) is 0. The van der Waals surface area contributed by atoms with Crippen LogP contribution in [0, 0.1) is 13.8 Å². The summed E-state index contributed by atoms with van der Waals surface area (Å²) in [6.45, 7) is 7.62. The Hall–Kier alpha value is -0.120. The summed E-state index contributed by atoms with van der Waals surface area (Å²) >= 11 is 0. The fourth-order valence-electron chi connectivity index (χ4n) is 1.13. The lowest BCUT2D eigenvalue weighted by molar-refractivity contribution is -0.697. The quantitative estimate of drug-likeness (QED) is 0.578. The SMILES string of the molecule is CCC[n+]1ccc(C)c(C)c1.I. The van der Waals surface area contributed by atoms with Crippen LogP contribution in [0.2, 0.25) is 0 Å². The lowest BCUT2D eigenvalue weighted by atomic mass is 10.2. The molecule has 0 spiro atoms. The maximum Gasteiger partial charge on any atom is 0.171 e. The third-order valence-corrected chi connectivity index (χ3v) is 1.98. The van der Waals surface area contributed by atoms with Gasteiger partial charge < -0.3 is 0 Å². The zero-order chi connectivity index (χ0) is 8.27. The molecule has 1 nitrogen and oxygen atoms in total. The second-order valence-corrected chi connectivity index (χ2v) is 3.05. The van der Waals surface area contributed by atoms with Crippen molar-refractivity contribution in [3.8, 4) is 0 Å². The smallest absolute Gasteiger partial charge is 0.171 e. The second-order valence-electron chi connectivity index (χ2n) is 3.05. The summed E-state index contributed by atoms with van der Waals surface area (Å²) in [7, 11) is 0. The van der Waals surface area contributed by atoms with Crippen LogP contribution in [0.1, 0.15) is 24.5 Å². The molecule has 1 aromatic rings. The summed E-state index contributed by atoms with van der Waals surface area (Å²) in [5.41, 5.74) is 2.75. The highest BCUT2D eigenvalue weighted by Gasteiger charge is 1.99. The lowest BCUT2D eigenvalue weighted by Crippen LogP contribution is -2.32. The number of hydrogen-bond acceptors (Lipinski definition) is 0. The van der Waals surface area contributed by atoms with Gasteiger partial charge in [-0.15, -0.1) is 24.0 Å². The molecule has 0 aromatic carbocycles. The molecule has 0 unspecified atom stereocenters. The maximum atomic E-state index is 2.24. The van der Waals surface area contributed by atoms with Crippen LogP contribution < -0.4 is 4.57 Å². The summed E-state index contributed by atoms with van der Waals surface area (Å²) in [6, 6.07) is 2.17. The maximum absolute atomic E-state index is 2.24. The second kappa shape index (κ2) is 5.51. The van der Waals surface area contributed by atoms with Gasteiger partial charge in [0.25, 0.3) is 0 Å². The van der Waals surface area contributed by atoms with Crippen LogP contribution in [0.15, 0.2) is 18.5 Å². The van der Waals surface area contributed by atoms with E-state index in [0.717, 1.165) is 6.54 Å². The highest BCUT2D eigenvalue weighted by atomic mass is 127. The highest BCUT2D eigenvalue weighted by molar-refractivity contribution is 14.0. The molecule has 68 valence electrons. The van der Waals surface area contributed by atoms with Crippen molar-refractivity contribution in [3.63, 3.8) is 0 Å². The van der Waals surface area contributed by atoms with Gasteiger partial charge in [0.15, 0.2) is 12.4 Å². The first-order chi connectivity index (χ1) is 5.24. The van der Waals surface area contributed by atoms with Crippen LogP contribution in [-0.4, -0.2) is 0 Å². The minimum Gasteiger partial charge on any atom is -0.205 e. The molecule has 2 heteroatoms. The Labute approximate surface area is 91.8 Å². The Bertz CT molecular complexity index is 246. The number of pyridine rings is 1. The number of aromatic nitrogens is 1. The van der Waals surface area contributed by atoms with Crippen LogP contribution in [0.3, 0.4) is 0 Å². The van der Waals surface area contributed by atoms with Gasteiger partial charge in [-0.3, -0.25) is 0 Å². The molecule has 0 atom stereocenters. The Morgan fingerprint density at radius 3 is 2.42 bits per heavy atom. The van der Waals surface area contributed by atoms with Crippen molar-refractivity contribution in [1.29, 1.82) is 0 Å². The average molecular weight is 278 g/mol. The molecule has 0 bridgehead atoms. The van der Waals surface area contributed by atoms with Crippen molar-refractivity contribution in [2.75, 3.05) is 0 Å². The fraction of sp³-hybridized carbons (Fsp3) is 0.500. The third kappa shape index (κ3) is 3.09. The fourth-order valence-corrected chi connectivity index (χ4v) is 1.13. The van der Waals surface area contributed by atoms with Gasteiger partial charge in [-0.25, -0.2) is 4.57 Å². The molecule has 0 saturated heterocycles. The van der Waals surface area contributed by atoms with E-state index in [1.54, 1.807) is 0 Å². The number of hydrogen-bond donors (Lipinski definition) is 0. The molecule has 0 amide bonds. The van der Waals surface area contributed by atoms with E-state index in [1.807, 2.05) is 0 Å². The largest absolute Gasteiger partial charge is 0.205 e. The van der Waals surface area contributed by atoms with Gasteiger partial charge in [-0.1, -0.05) is 6.92 Å². The summed E-state index contributed by atoms with van der Waals surface area (Å²) < 4.78 is 2.24. The van der Waals surface area contributed by atoms with E-state index >= 15 is 0 Å². The molecular weight excluding hydrogens is 261 g/mol. The number of rotatable bonds is 2. The molecule has 1 aromatic heterocycles. The topological polar surface area (TPSA) is 3.88 Å². The number of aryl methyl sites for hydroxylation is 3. The standard InChI is InChI=1S/C10H16N.HI/c1-4-6-11-7-5-9(2)10(3)8-11;/h5,7-8H,4,6H2,1-3H3;1H/q+1;. The number of halogens is 1. The zero-order valence-electron chi connectivity index (χ0n) is 8.00. The summed E-state index contributed by atoms with van der Waals surface area (Å²) in [5, 5.41) is 0. The lowest BCUT2D eigenvalue weighted by Gasteiger charge is -1.97. The van der Waals surface area contributed by atoms with Gasteiger partial charge >= 0.3 is 0 Å². The normalized spacial score (nSPS) is 9.25. The van der Waals surface area contributed by atoms with E-state index in [-0.39, 0.29) is 24.0 Å². The summed E-state index contributed by atoms with van der Waals surface area (Å²) in [6.07, 6.45) is 5.55. The van der Waals surface area contributed by atoms with Crippen molar-refractivity contribution in [1.82, 2.24) is 0 Å². The van der Waals surface area contributed by atoms with E-state index in [1.165, 1.54) is 17.5 Å². The van der Waals surface area contributed by atoms with Gasteiger partial charge in [0.1, 0.15) is 6.54 Å². The van der Waals surface area contributed by atoms with Gasteiger partial charge in [0, 0.05) is 18.1 Å². The van der Waals surface area contributed by atoms with E-state index in [9.17, 15) is 0 Å². The Kier molecular flexibility index (Phi) is 5.46. The predicted octanol–water partition coefficient (Wildman–Crippen LogP) is 2.62. The number of nitrogens with zero attached hydrogens (tertiary/aromatic N) is 1. The first-order valence-corrected chi connectivity index (χ1v) is 4.20. The molecule has 0 fully saturated rings. The van der Waals surface area contributed by atoms with Crippen LogP contribution in [-0.2, 0) is 6.54 Å². The van der Waals surface area contributed by atoms with Crippen molar-refractivity contribution in [3.05, 3.63) is 29.6 Å².